The van der Waals surface area contributed by atoms with Gasteiger partial charge in [-0.25, -0.2) is 9.18 Å². The van der Waals surface area contributed by atoms with E-state index in [-0.39, 0.29) is 18.2 Å². The van der Waals surface area contributed by atoms with Crippen molar-refractivity contribution in [3.05, 3.63) is 35.1 Å². The van der Waals surface area contributed by atoms with Crippen LogP contribution in [0.3, 0.4) is 0 Å². The molecule has 1 aromatic carbocycles. The van der Waals surface area contributed by atoms with Crippen LogP contribution in [-0.4, -0.2) is 30.2 Å². The number of benzene rings is 1. The van der Waals surface area contributed by atoms with Crippen LogP contribution in [0.25, 0.3) is 0 Å². The normalized spacial score (nSPS) is 17.0. The SMILES string of the molecule is Cc1cc(C(NC(=O)CC2CCOCC2)C(=O)O)ccc1F. The summed E-state index contributed by atoms with van der Waals surface area (Å²) < 4.78 is 18.5. The molecule has 0 spiro atoms. The third-order valence-corrected chi connectivity index (χ3v) is 3.88. The lowest BCUT2D eigenvalue weighted by molar-refractivity contribution is -0.142. The van der Waals surface area contributed by atoms with Crippen molar-refractivity contribution < 1.29 is 23.8 Å². The number of carbonyl (C=O) groups excluding carboxylic acids is 1. The topological polar surface area (TPSA) is 75.6 Å². The van der Waals surface area contributed by atoms with Crippen LogP contribution in [-0.2, 0) is 14.3 Å². The molecule has 22 heavy (non-hydrogen) atoms. The average molecular weight is 309 g/mol. The van der Waals surface area contributed by atoms with Crippen LogP contribution >= 0.6 is 0 Å². The minimum atomic E-state index is -1.16. The molecule has 0 aromatic heterocycles. The molecule has 1 fully saturated rings. The molecule has 5 nitrogen and oxygen atoms in total. The predicted octanol–water partition coefficient (Wildman–Crippen LogP) is 2.19. The fraction of sp³-hybridized carbons (Fsp3) is 0.500. The summed E-state index contributed by atoms with van der Waals surface area (Å²) in [7, 11) is 0. The largest absolute Gasteiger partial charge is 0.479 e. The van der Waals surface area contributed by atoms with Crippen molar-refractivity contribution in [2.45, 2.75) is 32.2 Å². The smallest absolute Gasteiger partial charge is 0.330 e. The highest BCUT2D eigenvalue weighted by atomic mass is 19.1. The van der Waals surface area contributed by atoms with Crippen LogP contribution in [0.4, 0.5) is 4.39 Å². The molecule has 1 amide bonds. The van der Waals surface area contributed by atoms with E-state index in [0.717, 1.165) is 12.8 Å². The number of aryl methyl sites for hydroxylation is 1. The fourth-order valence-electron chi connectivity index (χ4n) is 2.57. The lowest BCUT2D eigenvalue weighted by Crippen LogP contribution is -2.35. The Morgan fingerprint density at radius 2 is 2.09 bits per heavy atom. The van der Waals surface area contributed by atoms with Gasteiger partial charge in [0.2, 0.25) is 5.91 Å². The number of hydrogen-bond donors (Lipinski definition) is 2. The van der Waals surface area contributed by atoms with E-state index in [0.29, 0.717) is 24.3 Å². The number of carboxylic acids is 1. The number of rotatable bonds is 5. The summed E-state index contributed by atoms with van der Waals surface area (Å²) in [5.74, 6) is -1.65. The Kier molecular flexibility index (Phi) is 5.49. The van der Waals surface area contributed by atoms with Gasteiger partial charge < -0.3 is 15.2 Å². The number of hydrogen-bond acceptors (Lipinski definition) is 3. The molecule has 1 unspecified atom stereocenters. The highest BCUT2D eigenvalue weighted by Crippen LogP contribution is 2.21. The second kappa shape index (κ2) is 7.35. The van der Waals surface area contributed by atoms with Crippen molar-refractivity contribution in [1.29, 1.82) is 0 Å². The standard InChI is InChI=1S/C16H20FNO4/c1-10-8-12(2-3-13(10)17)15(16(20)21)18-14(19)9-11-4-6-22-7-5-11/h2-3,8,11,15H,4-7,9H2,1H3,(H,18,19)(H,20,21). The number of carboxylic acid groups (broad SMARTS) is 1. The van der Waals surface area contributed by atoms with Crippen LogP contribution in [0, 0.1) is 18.7 Å². The first-order valence-corrected chi connectivity index (χ1v) is 7.33. The molecule has 1 aliphatic rings. The molecular formula is C16H20FNO4. The Hall–Kier alpha value is -1.95. The quantitative estimate of drug-likeness (QED) is 0.874. The molecule has 2 rings (SSSR count). The van der Waals surface area contributed by atoms with Gasteiger partial charge in [0.05, 0.1) is 0 Å². The number of ether oxygens (including phenoxy) is 1. The van der Waals surface area contributed by atoms with Gasteiger partial charge in [-0.15, -0.1) is 0 Å². The lowest BCUT2D eigenvalue weighted by Gasteiger charge is -2.22. The number of amides is 1. The van der Waals surface area contributed by atoms with Crippen LogP contribution in [0.15, 0.2) is 18.2 Å². The van der Waals surface area contributed by atoms with Gasteiger partial charge in [0.15, 0.2) is 6.04 Å². The summed E-state index contributed by atoms with van der Waals surface area (Å²) in [5, 5.41) is 11.8. The van der Waals surface area contributed by atoms with Crippen LogP contribution < -0.4 is 5.32 Å². The maximum absolute atomic E-state index is 13.3. The Morgan fingerprint density at radius 3 is 2.68 bits per heavy atom. The molecule has 1 atom stereocenters. The first kappa shape index (κ1) is 16.4. The number of halogens is 1. The number of carbonyl (C=O) groups is 2. The van der Waals surface area contributed by atoms with E-state index in [1.807, 2.05) is 0 Å². The lowest BCUT2D eigenvalue weighted by atomic mass is 9.95. The molecule has 1 heterocycles. The van der Waals surface area contributed by atoms with E-state index in [1.165, 1.54) is 18.2 Å². The first-order chi connectivity index (χ1) is 10.5. The van der Waals surface area contributed by atoms with Crippen molar-refractivity contribution >= 4 is 11.9 Å². The van der Waals surface area contributed by atoms with Crippen LogP contribution in [0.2, 0.25) is 0 Å². The van der Waals surface area contributed by atoms with Crippen LogP contribution in [0.1, 0.15) is 36.4 Å². The van der Waals surface area contributed by atoms with Gasteiger partial charge in [-0.2, -0.15) is 0 Å². The Labute approximate surface area is 128 Å². The highest BCUT2D eigenvalue weighted by Gasteiger charge is 2.25. The maximum atomic E-state index is 13.3. The van der Waals surface area contributed by atoms with E-state index >= 15 is 0 Å². The van der Waals surface area contributed by atoms with E-state index < -0.39 is 17.8 Å². The summed E-state index contributed by atoms with van der Waals surface area (Å²) in [5.41, 5.74) is 0.717. The Balaban J connectivity index is 2.03. The minimum absolute atomic E-state index is 0.221. The molecule has 0 radical (unpaired) electrons. The summed E-state index contributed by atoms with van der Waals surface area (Å²) in [6.07, 6.45) is 1.90. The maximum Gasteiger partial charge on any atom is 0.330 e. The average Bonchev–Trinajstić information content (AvgIpc) is 2.48. The van der Waals surface area contributed by atoms with Gasteiger partial charge in [0, 0.05) is 19.6 Å². The molecule has 0 aliphatic carbocycles. The van der Waals surface area contributed by atoms with Crippen molar-refractivity contribution in [2.24, 2.45) is 5.92 Å². The molecule has 120 valence electrons. The molecule has 1 aliphatic heterocycles. The summed E-state index contributed by atoms with van der Waals surface area (Å²) in [4.78, 5) is 23.5. The second-order valence-electron chi connectivity index (χ2n) is 5.61. The zero-order valence-corrected chi connectivity index (χ0v) is 12.5. The molecule has 2 N–H and O–H groups in total. The minimum Gasteiger partial charge on any atom is -0.479 e. The second-order valence-corrected chi connectivity index (χ2v) is 5.61. The molecular weight excluding hydrogens is 289 g/mol. The molecule has 1 saturated heterocycles. The van der Waals surface area contributed by atoms with Crippen molar-refractivity contribution in [3.8, 4) is 0 Å². The number of aliphatic carboxylic acids is 1. The van der Waals surface area contributed by atoms with E-state index in [1.54, 1.807) is 6.92 Å². The van der Waals surface area contributed by atoms with Gasteiger partial charge in [-0.1, -0.05) is 12.1 Å². The third kappa shape index (κ3) is 4.27. The van der Waals surface area contributed by atoms with Gasteiger partial charge >= 0.3 is 5.97 Å². The monoisotopic (exact) mass is 309 g/mol. The third-order valence-electron chi connectivity index (χ3n) is 3.88. The zero-order valence-electron chi connectivity index (χ0n) is 12.5. The summed E-state index contributed by atoms with van der Waals surface area (Å²) in [6.45, 7) is 2.83. The van der Waals surface area contributed by atoms with E-state index in [4.69, 9.17) is 4.74 Å². The van der Waals surface area contributed by atoms with Crippen molar-refractivity contribution in [2.75, 3.05) is 13.2 Å². The Morgan fingerprint density at radius 1 is 1.41 bits per heavy atom. The van der Waals surface area contributed by atoms with Gasteiger partial charge in [-0.3, -0.25) is 4.79 Å². The molecule has 0 bridgehead atoms. The zero-order chi connectivity index (χ0) is 16.1. The van der Waals surface area contributed by atoms with E-state index in [9.17, 15) is 19.1 Å². The first-order valence-electron chi connectivity index (χ1n) is 7.33. The number of nitrogens with one attached hydrogen (secondary N) is 1. The molecule has 6 heteroatoms. The Bertz CT molecular complexity index is 555. The highest BCUT2D eigenvalue weighted by molar-refractivity contribution is 5.84. The van der Waals surface area contributed by atoms with Gasteiger partial charge in [0.1, 0.15) is 5.82 Å². The molecule has 1 aromatic rings. The summed E-state index contributed by atoms with van der Waals surface area (Å²) in [6, 6.07) is 2.89. The van der Waals surface area contributed by atoms with Gasteiger partial charge in [0.25, 0.3) is 0 Å². The van der Waals surface area contributed by atoms with Crippen molar-refractivity contribution in [3.63, 3.8) is 0 Å². The van der Waals surface area contributed by atoms with E-state index in [2.05, 4.69) is 5.32 Å². The fourth-order valence-corrected chi connectivity index (χ4v) is 2.57. The molecule has 0 saturated carbocycles. The summed E-state index contributed by atoms with van der Waals surface area (Å²) >= 11 is 0. The van der Waals surface area contributed by atoms with Gasteiger partial charge in [-0.05, 0) is 42.9 Å². The predicted molar refractivity (Wildman–Crippen MR) is 77.8 cm³/mol. The van der Waals surface area contributed by atoms with Crippen LogP contribution in [0.5, 0.6) is 0 Å². The van der Waals surface area contributed by atoms with Crippen molar-refractivity contribution in [1.82, 2.24) is 5.32 Å².